The normalized spacial score (nSPS) is 12.5. The lowest BCUT2D eigenvalue weighted by Crippen LogP contribution is -2.38. The van der Waals surface area contributed by atoms with E-state index in [0.717, 1.165) is 26.2 Å². The van der Waals surface area contributed by atoms with Gasteiger partial charge in [0.1, 0.15) is 0 Å². The van der Waals surface area contributed by atoms with Crippen molar-refractivity contribution in [2.45, 2.75) is 13.8 Å². The number of hydrogen-bond acceptors (Lipinski definition) is 3. The Bertz CT molecular complexity index is 110. The molecule has 0 bridgehead atoms. The number of hydrogen-bond donors (Lipinski definition) is 2. The van der Waals surface area contributed by atoms with Crippen LogP contribution in [0.15, 0.2) is 0 Å². The Balaban J connectivity index is 3.31. The summed E-state index contributed by atoms with van der Waals surface area (Å²) in [6.07, 6.45) is 0. The molecule has 0 aliphatic rings. The summed E-state index contributed by atoms with van der Waals surface area (Å²) < 4.78 is 0. The van der Waals surface area contributed by atoms with Crippen LogP contribution in [0.1, 0.15) is 13.8 Å². The smallest absolute Gasteiger partial charge is 0.0101 e. The Kier molecular flexibility index (Phi) is 5.46. The summed E-state index contributed by atoms with van der Waals surface area (Å²) >= 11 is 0. The zero-order valence-corrected chi connectivity index (χ0v) is 8.85. The van der Waals surface area contributed by atoms with E-state index in [0.29, 0.717) is 0 Å². The van der Waals surface area contributed by atoms with Gasteiger partial charge < -0.3 is 16.0 Å². The van der Waals surface area contributed by atoms with Crippen LogP contribution >= 0.6 is 0 Å². The zero-order valence-electron chi connectivity index (χ0n) is 8.85. The molecule has 12 heavy (non-hydrogen) atoms. The molecule has 0 aromatic heterocycles. The fourth-order valence-corrected chi connectivity index (χ4v) is 0.802. The molecule has 0 unspecified atom stereocenters. The maximum Gasteiger partial charge on any atom is 0.0101 e. The van der Waals surface area contributed by atoms with Crippen molar-refractivity contribution >= 4 is 0 Å². The van der Waals surface area contributed by atoms with E-state index in [4.69, 9.17) is 5.73 Å². The average Bonchev–Trinajstić information content (AvgIpc) is 1.98. The van der Waals surface area contributed by atoms with Gasteiger partial charge in [-0.25, -0.2) is 0 Å². The van der Waals surface area contributed by atoms with Gasteiger partial charge >= 0.3 is 0 Å². The van der Waals surface area contributed by atoms with Crippen LogP contribution in [0.3, 0.4) is 0 Å². The van der Waals surface area contributed by atoms with E-state index >= 15 is 0 Å². The summed E-state index contributed by atoms with van der Waals surface area (Å²) in [7, 11) is 4.16. The van der Waals surface area contributed by atoms with Crippen molar-refractivity contribution in [1.29, 1.82) is 0 Å². The first kappa shape index (κ1) is 11.9. The third-order valence-corrected chi connectivity index (χ3v) is 1.89. The highest BCUT2D eigenvalue weighted by molar-refractivity contribution is 4.71. The van der Waals surface area contributed by atoms with Crippen LogP contribution in [0.5, 0.6) is 0 Å². The summed E-state index contributed by atoms with van der Waals surface area (Å²) in [6.45, 7) is 8.21. The summed E-state index contributed by atoms with van der Waals surface area (Å²) in [5.41, 5.74) is 5.83. The second-order valence-electron chi connectivity index (χ2n) is 4.35. The molecule has 0 rings (SSSR count). The highest BCUT2D eigenvalue weighted by atomic mass is 15.1. The van der Waals surface area contributed by atoms with Crippen LogP contribution in [0.2, 0.25) is 0 Å². The summed E-state index contributed by atoms with van der Waals surface area (Å²) in [5.74, 6) is 0. The van der Waals surface area contributed by atoms with Crippen molar-refractivity contribution in [1.82, 2.24) is 10.2 Å². The van der Waals surface area contributed by atoms with E-state index < -0.39 is 0 Å². The van der Waals surface area contributed by atoms with Crippen molar-refractivity contribution in [3.8, 4) is 0 Å². The largest absolute Gasteiger partial charge is 0.330 e. The first-order valence-electron chi connectivity index (χ1n) is 4.53. The molecule has 0 aromatic rings. The fraction of sp³-hybridized carbons (Fsp3) is 1.00. The van der Waals surface area contributed by atoms with Gasteiger partial charge in [0.2, 0.25) is 0 Å². The number of likely N-dealkylation sites (N-methyl/N-ethyl adjacent to an activating group) is 1. The van der Waals surface area contributed by atoms with Gasteiger partial charge in [-0.3, -0.25) is 0 Å². The van der Waals surface area contributed by atoms with Gasteiger partial charge in [-0.05, 0) is 26.1 Å². The zero-order chi connectivity index (χ0) is 9.61. The molecule has 0 aliphatic heterocycles. The topological polar surface area (TPSA) is 41.3 Å². The first-order chi connectivity index (χ1) is 5.48. The standard InChI is InChI=1S/C9H23N3/c1-9(2,7-10)8-11-5-6-12(3)4/h11H,5-8,10H2,1-4H3. The van der Waals surface area contributed by atoms with Crippen LogP contribution in [-0.2, 0) is 0 Å². The highest BCUT2D eigenvalue weighted by Crippen LogP contribution is 2.09. The molecule has 0 saturated carbocycles. The number of nitrogens with zero attached hydrogens (tertiary/aromatic N) is 1. The Hall–Kier alpha value is -0.120. The van der Waals surface area contributed by atoms with Gasteiger partial charge in [-0.2, -0.15) is 0 Å². The SMILES string of the molecule is CN(C)CCNCC(C)(C)CN. The van der Waals surface area contributed by atoms with E-state index in [-0.39, 0.29) is 5.41 Å². The summed E-state index contributed by atoms with van der Waals surface area (Å²) in [6, 6.07) is 0. The molecule has 0 aliphatic carbocycles. The predicted molar refractivity (Wildman–Crippen MR) is 54.3 cm³/mol. The maximum atomic E-state index is 5.60. The molecule has 0 atom stereocenters. The van der Waals surface area contributed by atoms with Crippen molar-refractivity contribution in [2.24, 2.45) is 11.1 Å². The molecule has 3 heteroatoms. The Morgan fingerprint density at radius 3 is 2.33 bits per heavy atom. The van der Waals surface area contributed by atoms with Crippen molar-refractivity contribution < 1.29 is 0 Å². The molecule has 0 spiro atoms. The molecule has 3 nitrogen and oxygen atoms in total. The second kappa shape index (κ2) is 5.51. The van der Waals surface area contributed by atoms with Crippen LogP contribution in [0, 0.1) is 5.41 Å². The third-order valence-electron chi connectivity index (χ3n) is 1.89. The van der Waals surface area contributed by atoms with Crippen LogP contribution in [0.4, 0.5) is 0 Å². The average molecular weight is 173 g/mol. The van der Waals surface area contributed by atoms with E-state index in [1.807, 2.05) is 0 Å². The van der Waals surface area contributed by atoms with Gasteiger partial charge in [-0.15, -0.1) is 0 Å². The fourth-order valence-electron chi connectivity index (χ4n) is 0.802. The number of nitrogens with one attached hydrogen (secondary N) is 1. The Morgan fingerprint density at radius 2 is 1.92 bits per heavy atom. The van der Waals surface area contributed by atoms with E-state index in [2.05, 4.69) is 38.2 Å². The van der Waals surface area contributed by atoms with E-state index in [9.17, 15) is 0 Å². The molecule has 0 saturated heterocycles. The molecule has 0 amide bonds. The quantitative estimate of drug-likeness (QED) is 0.561. The van der Waals surface area contributed by atoms with E-state index in [1.54, 1.807) is 0 Å². The van der Waals surface area contributed by atoms with Gasteiger partial charge in [0.05, 0.1) is 0 Å². The molecule has 0 radical (unpaired) electrons. The van der Waals surface area contributed by atoms with Gasteiger partial charge in [0, 0.05) is 19.6 Å². The molecule has 0 aromatic carbocycles. The van der Waals surface area contributed by atoms with Gasteiger partial charge in [0.25, 0.3) is 0 Å². The lowest BCUT2D eigenvalue weighted by atomic mass is 9.94. The Labute approximate surface area is 76.3 Å². The minimum absolute atomic E-state index is 0.228. The monoisotopic (exact) mass is 173 g/mol. The number of nitrogens with two attached hydrogens (primary N) is 1. The van der Waals surface area contributed by atoms with Gasteiger partial charge in [-0.1, -0.05) is 13.8 Å². The predicted octanol–water partition coefficient (Wildman–Crippen LogP) is 0.123. The molecule has 0 fully saturated rings. The lowest BCUT2D eigenvalue weighted by Gasteiger charge is -2.23. The van der Waals surface area contributed by atoms with Crippen LogP contribution < -0.4 is 11.1 Å². The first-order valence-corrected chi connectivity index (χ1v) is 4.53. The van der Waals surface area contributed by atoms with Crippen LogP contribution in [-0.4, -0.2) is 45.2 Å². The van der Waals surface area contributed by atoms with E-state index in [1.165, 1.54) is 0 Å². The summed E-state index contributed by atoms with van der Waals surface area (Å²) in [5, 5.41) is 3.39. The summed E-state index contributed by atoms with van der Waals surface area (Å²) in [4.78, 5) is 2.17. The molecule has 3 N–H and O–H groups in total. The molecular formula is C9H23N3. The molecular weight excluding hydrogens is 150 g/mol. The minimum atomic E-state index is 0.228. The molecule has 74 valence electrons. The second-order valence-corrected chi connectivity index (χ2v) is 4.35. The third kappa shape index (κ3) is 6.58. The van der Waals surface area contributed by atoms with Crippen LogP contribution in [0.25, 0.3) is 0 Å². The number of rotatable bonds is 6. The van der Waals surface area contributed by atoms with Crippen molar-refractivity contribution in [3.63, 3.8) is 0 Å². The Morgan fingerprint density at radius 1 is 1.33 bits per heavy atom. The molecule has 0 heterocycles. The van der Waals surface area contributed by atoms with Gasteiger partial charge in [0.15, 0.2) is 0 Å². The highest BCUT2D eigenvalue weighted by Gasteiger charge is 2.13. The van der Waals surface area contributed by atoms with Crippen molar-refractivity contribution in [3.05, 3.63) is 0 Å². The lowest BCUT2D eigenvalue weighted by molar-refractivity contribution is 0.332. The minimum Gasteiger partial charge on any atom is -0.330 e. The van der Waals surface area contributed by atoms with Crippen molar-refractivity contribution in [2.75, 3.05) is 40.3 Å². The maximum absolute atomic E-state index is 5.60.